The summed E-state index contributed by atoms with van der Waals surface area (Å²) in [6.45, 7) is 3.23. The van der Waals surface area contributed by atoms with Crippen molar-refractivity contribution in [2.24, 2.45) is 11.7 Å². The number of amides is 1. The molecule has 0 saturated heterocycles. The molecule has 0 aliphatic rings. The van der Waals surface area contributed by atoms with Gasteiger partial charge in [-0.2, -0.15) is 4.72 Å². The number of hydrogen-bond donors (Lipinski definition) is 3. The standard InChI is InChI=1S/C11H16N4O5S/c1-6(2)10(11(13)16)14-21(19,20)7-3-4-8(12)9(5-7)15(17)18/h3-6,10,14H,12H2,1-2H3,(H2,13,16). The molecule has 0 aromatic heterocycles. The maximum atomic E-state index is 12.2. The lowest BCUT2D eigenvalue weighted by Gasteiger charge is -2.18. The van der Waals surface area contributed by atoms with Gasteiger partial charge in [0.25, 0.3) is 5.69 Å². The Balaban J connectivity index is 3.22. The Morgan fingerprint density at radius 1 is 1.38 bits per heavy atom. The van der Waals surface area contributed by atoms with E-state index in [9.17, 15) is 23.3 Å². The van der Waals surface area contributed by atoms with Crippen LogP contribution in [0.5, 0.6) is 0 Å². The molecule has 0 spiro atoms. The minimum Gasteiger partial charge on any atom is -0.393 e. The van der Waals surface area contributed by atoms with Crippen molar-refractivity contribution in [1.29, 1.82) is 0 Å². The Labute approximate surface area is 121 Å². The van der Waals surface area contributed by atoms with Crippen LogP contribution in [0.25, 0.3) is 0 Å². The van der Waals surface area contributed by atoms with E-state index in [0.29, 0.717) is 0 Å². The third-order valence-corrected chi connectivity index (χ3v) is 4.20. The lowest BCUT2D eigenvalue weighted by molar-refractivity contribution is -0.384. The van der Waals surface area contributed by atoms with Gasteiger partial charge in [0.2, 0.25) is 15.9 Å². The fourth-order valence-electron chi connectivity index (χ4n) is 1.61. The lowest BCUT2D eigenvalue weighted by Crippen LogP contribution is -2.47. The molecule has 1 rings (SSSR count). The summed E-state index contributed by atoms with van der Waals surface area (Å²) in [5.74, 6) is -1.21. The number of carbonyl (C=O) groups is 1. The molecule has 5 N–H and O–H groups in total. The highest BCUT2D eigenvalue weighted by molar-refractivity contribution is 7.89. The van der Waals surface area contributed by atoms with Gasteiger partial charge in [-0.1, -0.05) is 13.8 Å². The van der Waals surface area contributed by atoms with Crippen molar-refractivity contribution in [2.75, 3.05) is 5.73 Å². The summed E-state index contributed by atoms with van der Waals surface area (Å²) in [5, 5.41) is 10.8. The predicted octanol–water partition coefficient (Wildman–Crippen LogP) is -0.0348. The third kappa shape index (κ3) is 3.89. The lowest BCUT2D eigenvalue weighted by atomic mass is 10.1. The molecular weight excluding hydrogens is 300 g/mol. The number of nitro groups is 1. The number of nitro benzene ring substituents is 1. The molecule has 0 bridgehead atoms. The summed E-state index contributed by atoms with van der Waals surface area (Å²) in [7, 11) is -4.13. The van der Waals surface area contributed by atoms with Crippen molar-refractivity contribution < 1.29 is 18.1 Å². The van der Waals surface area contributed by atoms with Crippen molar-refractivity contribution in [2.45, 2.75) is 24.8 Å². The number of nitrogens with one attached hydrogen (secondary N) is 1. The van der Waals surface area contributed by atoms with E-state index in [-0.39, 0.29) is 16.5 Å². The number of rotatable bonds is 6. The summed E-state index contributed by atoms with van der Waals surface area (Å²) in [5.41, 5.74) is 9.84. The average molecular weight is 316 g/mol. The largest absolute Gasteiger partial charge is 0.393 e. The number of carbonyl (C=O) groups excluding carboxylic acids is 1. The van der Waals surface area contributed by atoms with Crippen molar-refractivity contribution >= 4 is 27.3 Å². The first-order chi connectivity index (χ1) is 9.56. The minimum absolute atomic E-state index is 0.158. The summed E-state index contributed by atoms with van der Waals surface area (Å²) < 4.78 is 26.4. The first kappa shape index (κ1) is 16.9. The number of sulfonamides is 1. The maximum absolute atomic E-state index is 12.2. The van der Waals surface area contributed by atoms with Gasteiger partial charge in [-0.15, -0.1) is 0 Å². The van der Waals surface area contributed by atoms with Crippen LogP contribution in [0.3, 0.4) is 0 Å². The molecule has 1 atom stereocenters. The highest BCUT2D eigenvalue weighted by atomic mass is 32.2. The van der Waals surface area contributed by atoms with E-state index in [1.165, 1.54) is 0 Å². The molecule has 21 heavy (non-hydrogen) atoms. The quantitative estimate of drug-likeness (QED) is 0.379. The number of nitrogens with two attached hydrogens (primary N) is 2. The van der Waals surface area contributed by atoms with Gasteiger partial charge < -0.3 is 11.5 Å². The van der Waals surface area contributed by atoms with E-state index in [1.807, 2.05) is 0 Å². The molecule has 0 aliphatic heterocycles. The van der Waals surface area contributed by atoms with Gasteiger partial charge in [0.05, 0.1) is 9.82 Å². The predicted molar refractivity (Wildman–Crippen MR) is 75.7 cm³/mol. The van der Waals surface area contributed by atoms with Gasteiger partial charge in [-0.05, 0) is 18.1 Å². The Kier molecular flexibility index (Phi) is 4.86. The van der Waals surface area contributed by atoms with Crippen LogP contribution in [0.1, 0.15) is 13.8 Å². The zero-order valence-corrected chi connectivity index (χ0v) is 12.3. The molecule has 0 saturated carbocycles. The number of anilines is 1. The zero-order valence-electron chi connectivity index (χ0n) is 11.4. The molecule has 10 heteroatoms. The van der Waals surface area contributed by atoms with Crippen LogP contribution in [-0.4, -0.2) is 25.3 Å². The highest BCUT2D eigenvalue weighted by Crippen LogP contribution is 2.25. The zero-order chi connectivity index (χ0) is 16.4. The van der Waals surface area contributed by atoms with Gasteiger partial charge in [0.1, 0.15) is 11.7 Å². The maximum Gasteiger partial charge on any atom is 0.293 e. The van der Waals surface area contributed by atoms with Crippen LogP contribution >= 0.6 is 0 Å². The van der Waals surface area contributed by atoms with Gasteiger partial charge in [-0.3, -0.25) is 14.9 Å². The Bertz CT molecular complexity index is 671. The van der Waals surface area contributed by atoms with Crippen LogP contribution < -0.4 is 16.2 Å². The third-order valence-electron chi connectivity index (χ3n) is 2.76. The smallest absolute Gasteiger partial charge is 0.293 e. The van der Waals surface area contributed by atoms with Gasteiger partial charge >= 0.3 is 0 Å². The fourth-order valence-corrected chi connectivity index (χ4v) is 2.98. The molecule has 0 fully saturated rings. The average Bonchev–Trinajstić information content (AvgIpc) is 2.35. The first-order valence-electron chi connectivity index (χ1n) is 5.92. The highest BCUT2D eigenvalue weighted by Gasteiger charge is 2.28. The number of hydrogen-bond acceptors (Lipinski definition) is 6. The van der Waals surface area contributed by atoms with Crippen molar-refractivity contribution in [1.82, 2.24) is 4.72 Å². The molecule has 9 nitrogen and oxygen atoms in total. The van der Waals surface area contributed by atoms with E-state index in [2.05, 4.69) is 4.72 Å². The second-order valence-corrected chi connectivity index (χ2v) is 6.44. The number of nitrogens with zero attached hydrogens (tertiary/aromatic N) is 1. The van der Waals surface area contributed by atoms with Crippen molar-refractivity contribution in [3.05, 3.63) is 28.3 Å². The SMILES string of the molecule is CC(C)C(NS(=O)(=O)c1ccc(N)c([N+](=O)[O-])c1)C(N)=O. The minimum atomic E-state index is -4.13. The number of benzene rings is 1. The first-order valence-corrected chi connectivity index (χ1v) is 7.40. The summed E-state index contributed by atoms with van der Waals surface area (Å²) in [6, 6.07) is 1.94. The number of nitrogen functional groups attached to an aromatic ring is 1. The molecule has 0 aliphatic carbocycles. The van der Waals surface area contributed by atoms with E-state index >= 15 is 0 Å². The van der Waals surface area contributed by atoms with E-state index in [1.54, 1.807) is 13.8 Å². The van der Waals surface area contributed by atoms with Crippen LogP contribution in [0.2, 0.25) is 0 Å². The normalized spacial score (nSPS) is 13.1. The van der Waals surface area contributed by atoms with Gasteiger partial charge in [0.15, 0.2) is 0 Å². The van der Waals surface area contributed by atoms with Crippen molar-refractivity contribution in [3.8, 4) is 0 Å². The second kappa shape index (κ2) is 6.06. The van der Waals surface area contributed by atoms with Gasteiger partial charge in [0, 0.05) is 6.07 Å². The monoisotopic (exact) mass is 316 g/mol. The van der Waals surface area contributed by atoms with Crippen molar-refractivity contribution in [3.63, 3.8) is 0 Å². The molecule has 1 aromatic rings. The van der Waals surface area contributed by atoms with E-state index < -0.39 is 32.6 Å². The number of primary amides is 1. The summed E-state index contributed by atoms with van der Waals surface area (Å²) in [4.78, 5) is 20.9. The van der Waals surface area contributed by atoms with Crippen LogP contribution in [0, 0.1) is 16.0 Å². The molecule has 116 valence electrons. The van der Waals surface area contributed by atoms with E-state index in [0.717, 1.165) is 18.2 Å². The molecule has 1 amide bonds. The molecule has 0 heterocycles. The van der Waals surface area contributed by atoms with Crippen LogP contribution in [0.4, 0.5) is 11.4 Å². The summed E-state index contributed by atoms with van der Waals surface area (Å²) in [6.07, 6.45) is 0. The molecule has 1 aromatic carbocycles. The topological polar surface area (TPSA) is 158 Å². The molecule has 1 unspecified atom stereocenters. The molecule has 0 radical (unpaired) electrons. The van der Waals surface area contributed by atoms with E-state index in [4.69, 9.17) is 11.5 Å². The Morgan fingerprint density at radius 3 is 2.38 bits per heavy atom. The second-order valence-electron chi connectivity index (χ2n) is 4.72. The fraction of sp³-hybridized carbons (Fsp3) is 0.364. The Hall–Kier alpha value is -2.20. The van der Waals surface area contributed by atoms with Crippen LogP contribution in [0.15, 0.2) is 23.1 Å². The van der Waals surface area contributed by atoms with Crippen LogP contribution in [-0.2, 0) is 14.8 Å². The summed E-state index contributed by atoms with van der Waals surface area (Å²) >= 11 is 0. The Morgan fingerprint density at radius 2 is 1.95 bits per heavy atom. The van der Waals surface area contributed by atoms with Gasteiger partial charge in [-0.25, -0.2) is 8.42 Å². The molecular formula is C11H16N4O5S.